The van der Waals surface area contributed by atoms with Crippen molar-refractivity contribution in [3.05, 3.63) is 35.9 Å². The molecule has 150 valence electrons. The van der Waals surface area contributed by atoms with E-state index in [1.165, 1.54) is 18.4 Å². The molecule has 1 aromatic rings. The summed E-state index contributed by atoms with van der Waals surface area (Å²) in [5.74, 6) is 1.12. The normalized spacial score (nSPS) is 21.2. The summed E-state index contributed by atoms with van der Waals surface area (Å²) in [4.78, 5) is 16.8. The maximum Gasteiger partial charge on any atom is 0.317 e. The lowest BCUT2D eigenvalue weighted by Gasteiger charge is -2.35. The lowest BCUT2D eigenvalue weighted by atomic mass is 9.88. The molecule has 0 saturated carbocycles. The van der Waals surface area contributed by atoms with Gasteiger partial charge < -0.3 is 20.2 Å². The van der Waals surface area contributed by atoms with E-state index < -0.39 is 0 Å². The average molecular weight is 374 g/mol. The monoisotopic (exact) mass is 373 g/mol. The Morgan fingerprint density at radius 3 is 2.44 bits per heavy atom. The minimum atomic E-state index is -0.320. The number of carbonyl (C=O) groups excluding carboxylic acids is 1. The van der Waals surface area contributed by atoms with Gasteiger partial charge in [-0.15, -0.1) is 0 Å². The van der Waals surface area contributed by atoms with Crippen LogP contribution >= 0.6 is 0 Å². The van der Waals surface area contributed by atoms with Crippen LogP contribution in [0.2, 0.25) is 0 Å². The van der Waals surface area contributed by atoms with Crippen molar-refractivity contribution in [3.8, 4) is 0 Å². The summed E-state index contributed by atoms with van der Waals surface area (Å²) in [5.41, 5.74) is 1.18. The summed E-state index contributed by atoms with van der Waals surface area (Å²) in [5, 5.41) is 13.6. The molecule has 0 aromatic heterocycles. The Hall–Kier alpha value is -1.59. The summed E-state index contributed by atoms with van der Waals surface area (Å²) in [6.45, 7) is 7.78. The summed E-state index contributed by atoms with van der Waals surface area (Å²) in [6, 6.07) is 10.2. The minimum Gasteiger partial charge on any atom is -0.392 e. The fourth-order valence-electron chi connectivity index (χ4n) is 4.23. The SMILES string of the molecule is CC1CCN(CCNC(=O)N2CCC([C@H](O)Cc3ccccc3)CC2)CC1. The number of piperidine rings is 2. The molecular formula is C22H35N3O2. The molecule has 27 heavy (non-hydrogen) atoms. The molecule has 0 bridgehead atoms. The highest BCUT2D eigenvalue weighted by molar-refractivity contribution is 5.74. The number of amides is 2. The molecule has 2 N–H and O–H groups in total. The van der Waals surface area contributed by atoms with Gasteiger partial charge in [-0.1, -0.05) is 37.3 Å². The first-order chi connectivity index (χ1) is 13.1. The van der Waals surface area contributed by atoms with Gasteiger partial charge in [0, 0.05) is 26.2 Å². The molecule has 2 fully saturated rings. The topological polar surface area (TPSA) is 55.8 Å². The molecule has 0 spiro atoms. The van der Waals surface area contributed by atoms with Crippen molar-refractivity contribution < 1.29 is 9.90 Å². The van der Waals surface area contributed by atoms with Gasteiger partial charge in [0.1, 0.15) is 0 Å². The van der Waals surface area contributed by atoms with E-state index in [2.05, 4.69) is 29.3 Å². The molecule has 2 heterocycles. The molecule has 2 aliphatic heterocycles. The second-order valence-corrected chi connectivity index (χ2v) is 8.34. The highest BCUT2D eigenvalue weighted by atomic mass is 16.3. The molecule has 1 aromatic carbocycles. The largest absolute Gasteiger partial charge is 0.392 e. The number of rotatable bonds is 6. The lowest BCUT2D eigenvalue weighted by Crippen LogP contribution is -2.48. The first-order valence-electron chi connectivity index (χ1n) is 10.6. The van der Waals surface area contributed by atoms with Gasteiger partial charge in [0.15, 0.2) is 0 Å². The van der Waals surface area contributed by atoms with Crippen molar-refractivity contribution in [1.29, 1.82) is 0 Å². The molecule has 2 aliphatic rings. The number of carbonyl (C=O) groups is 1. The predicted molar refractivity (Wildman–Crippen MR) is 109 cm³/mol. The second-order valence-electron chi connectivity index (χ2n) is 8.34. The van der Waals surface area contributed by atoms with Gasteiger partial charge >= 0.3 is 6.03 Å². The number of hydrogen-bond donors (Lipinski definition) is 2. The maximum atomic E-state index is 12.4. The maximum absolute atomic E-state index is 12.4. The summed E-state index contributed by atoms with van der Waals surface area (Å²) < 4.78 is 0. The third-order valence-corrected chi connectivity index (χ3v) is 6.24. The van der Waals surface area contributed by atoms with Crippen molar-refractivity contribution in [2.45, 2.75) is 45.1 Å². The Morgan fingerprint density at radius 1 is 1.11 bits per heavy atom. The van der Waals surface area contributed by atoms with Crippen LogP contribution in [0.5, 0.6) is 0 Å². The molecule has 0 unspecified atom stereocenters. The fraction of sp³-hybridized carbons (Fsp3) is 0.682. The zero-order valence-electron chi connectivity index (χ0n) is 16.6. The standard InChI is InChI=1S/C22H35N3O2/c1-18-7-12-24(13-8-18)16-11-23-22(27)25-14-9-20(10-15-25)21(26)17-19-5-3-2-4-6-19/h2-6,18,20-21,26H,7-17H2,1H3,(H,23,27)/t21-/m1/s1. The van der Waals surface area contributed by atoms with E-state index in [0.717, 1.165) is 58.0 Å². The van der Waals surface area contributed by atoms with Gasteiger partial charge in [-0.25, -0.2) is 4.79 Å². The number of urea groups is 1. The van der Waals surface area contributed by atoms with Crippen molar-refractivity contribution >= 4 is 6.03 Å². The van der Waals surface area contributed by atoms with E-state index in [0.29, 0.717) is 6.42 Å². The van der Waals surface area contributed by atoms with Gasteiger partial charge in [0.25, 0.3) is 0 Å². The van der Waals surface area contributed by atoms with Crippen molar-refractivity contribution in [2.24, 2.45) is 11.8 Å². The highest BCUT2D eigenvalue weighted by Crippen LogP contribution is 2.23. The van der Waals surface area contributed by atoms with Crippen LogP contribution in [0.3, 0.4) is 0 Å². The van der Waals surface area contributed by atoms with E-state index in [1.807, 2.05) is 23.1 Å². The third-order valence-electron chi connectivity index (χ3n) is 6.24. The second kappa shape index (κ2) is 10.1. The number of aliphatic hydroxyl groups excluding tert-OH is 1. The van der Waals surface area contributed by atoms with E-state index >= 15 is 0 Å². The quantitative estimate of drug-likeness (QED) is 0.806. The van der Waals surface area contributed by atoms with Gasteiger partial charge in [0.05, 0.1) is 6.10 Å². The van der Waals surface area contributed by atoms with Crippen molar-refractivity contribution in [2.75, 3.05) is 39.3 Å². The molecule has 5 nitrogen and oxygen atoms in total. The van der Waals surface area contributed by atoms with Gasteiger partial charge in [-0.05, 0) is 62.6 Å². The van der Waals surface area contributed by atoms with E-state index in [4.69, 9.17) is 0 Å². The molecule has 5 heteroatoms. The van der Waals surface area contributed by atoms with Crippen LogP contribution in [0.4, 0.5) is 4.79 Å². The molecule has 2 amide bonds. The predicted octanol–water partition coefficient (Wildman–Crippen LogP) is 2.74. The van der Waals surface area contributed by atoms with Crippen LogP contribution < -0.4 is 5.32 Å². The number of nitrogens with zero attached hydrogens (tertiary/aromatic N) is 2. The Labute approximate surface area is 163 Å². The van der Waals surface area contributed by atoms with Gasteiger partial charge in [-0.2, -0.15) is 0 Å². The van der Waals surface area contributed by atoms with Crippen LogP contribution in [0.15, 0.2) is 30.3 Å². The molecule has 2 saturated heterocycles. The minimum absolute atomic E-state index is 0.0522. The summed E-state index contributed by atoms with van der Waals surface area (Å²) >= 11 is 0. The van der Waals surface area contributed by atoms with Crippen molar-refractivity contribution in [3.63, 3.8) is 0 Å². The van der Waals surface area contributed by atoms with Crippen LogP contribution in [0.1, 0.15) is 38.2 Å². The molecular weight excluding hydrogens is 338 g/mol. The lowest BCUT2D eigenvalue weighted by molar-refractivity contribution is 0.0670. The van der Waals surface area contributed by atoms with Crippen LogP contribution in [0, 0.1) is 11.8 Å². The first-order valence-corrected chi connectivity index (χ1v) is 10.6. The van der Waals surface area contributed by atoms with E-state index in [-0.39, 0.29) is 18.1 Å². The molecule has 1 atom stereocenters. The van der Waals surface area contributed by atoms with E-state index in [9.17, 15) is 9.90 Å². The number of benzene rings is 1. The Balaban J connectivity index is 1.33. The Bertz CT molecular complexity index is 564. The van der Waals surface area contributed by atoms with Crippen LogP contribution in [0.25, 0.3) is 0 Å². The van der Waals surface area contributed by atoms with Crippen LogP contribution in [-0.2, 0) is 6.42 Å². The van der Waals surface area contributed by atoms with Crippen molar-refractivity contribution in [1.82, 2.24) is 15.1 Å². The smallest absolute Gasteiger partial charge is 0.317 e. The fourth-order valence-corrected chi connectivity index (χ4v) is 4.23. The van der Waals surface area contributed by atoms with Gasteiger partial charge in [-0.3, -0.25) is 0 Å². The number of nitrogens with one attached hydrogen (secondary N) is 1. The number of aliphatic hydroxyl groups is 1. The van der Waals surface area contributed by atoms with E-state index in [1.54, 1.807) is 0 Å². The Morgan fingerprint density at radius 2 is 1.78 bits per heavy atom. The zero-order chi connectivity index (χ0) is 19.1. The zero-order valence-corrected chi connectivity index (χ0v) is 16.6. The third kappa shape index (κ3) is 6.22. The first kappa shape index (κ1) is 20.2. The average Bonchev–Trinajstić information content (AvgIpc) is 2.70. The molecule has 0 radical (unpaired) electrons. The number of likely N-dealkylation sites (tertiary alicyclic amines) is 2. The summed E-state index contributed by atoms with van der Waals surface area (Å²) in [6.07, 6.45) is 4.68. The highest BCUT2D eigenvalue weighted by Gasteiger charge is 2.27. The molecule has 0 aliphatic carbocycles. The summed E-state index contributed by atoms with van der Waals surface area (Å²) in [7, 11) is 0. The number of hydrogen-bond acceptors (Lipinski definition) is 3. The van der Waals surface area contributed by atoms with Gasteiger partial charge in [0.2, 0.25) is 0 Å². The molecule has 3 rings (SSSR count). The Kier molecular flexibility index (Phi) is 7.53. The van der Waals surface area contributed by atoms with Crippen LogP contribution in [-0.4, -0.2) is 66.3 Å².